The van der Waals surface area contributed by atoms with Crippen LogP contribution in [0.2, 0.25) is 0 Å². The third kappa shape index (κ3) is 2.92. The van der Waals surface area contributed by atoms with Crippen molar-refractivity contribution in [3.63, 3.8) is 0 Å². The summed E-state index contributed by atoms with van der Waals surface area (Å²) in [6.07, 6.45) is 1.80. The molecular formula is C23H22FN3O2. The predicted molar refractivity (Wildman–Crippen MR) is 111 cm³/mol. The minimum absolute atomic E-state index is 0.131. The lowest BCUT2D eigenvalue weighted by Gasteiger charge is -2.29. The zero-order valence-electron chi connectivity index (χ0n) is 17.3. The number of primary amides is 1. The fraction of sp³-hybridized carbons (Fsp3) is 0.217. The van der Waals surface area contributed by atoms with Crippen LogP contribution in [0.4, 0.5) is 4.39 Å². The number of amides is 2. The van der Waals surface area contributed by atoms with Gasteiger partial charge in [-0.15, -0.1) is 0 Å². The summed E-state index contributed by atoms with van der Waals surface area (Å²) in [5, 5.41) is 0.658. The Bertz CT molecular complexity index is 1230. The van der Waals surface area contributed by atoms with Crippen molar-refractivity contribution in [1.29, 1.82) is 0 Å². The summed E-state index contributed by atoms with van der Waals surface area (Å²) in [4.78, 5) is 28.9. The van der Waals surface area contributed by atoms with E-state index in [-0.39, 0.29) is 11.5 Å². The quantitative estimate of drug-likeness (QED) is 0.666. The van der Waals surface area contributed by atoms with Crippen molar-refractivity contribution in [3.05, 3.63) is 70.7 Å². The Kier molecular flexibility index (Phi) is 4.19. The average molecular weight is 392 g/mol. The van der Waals surface area contributed by atoms with Gasteiger partial charge in [0, 0.05) is 29.7 Å². The maximum atomic E-state index is 15.4. The van der Waals surface area contributed by atoms with Crippen LogP contribution in [-0.4, -0.2) is 28.2 Å². The maximum absolute atomic E-state index is 15.4. The molecule has 5 nitrogen and oxygen atoms in total. The molecular weight excluding hydrogens is 369 g/mol. The number of hydrogen-bond acceptors (Lipinski definition) is 2. The first kappa shape index (κ1) is 17.7. The number of halogens is 1. The number of carbonyl (C=O) groups is 2. The first-order valence-corrected chi connectivity index (χ1v) is 9.39. The molecule has 1 aliphatic rings. The zero-order chi connectivity index (χ0) is 21.6. The minimum Gasteiger partial charge on any atom is -0.366 e. The van der Waals surface area contributed by atoms with Gasteiger partial charge in [0.1, 0.15) is 5.82 Å². The van der Waals surface area contributed by atoms with Crippen LogP contribution in [0.5, 0.6) is 0 Å². The number of aromatic amines is 1. The topological polar surface area (TPSA) is 79.2 Å². The highest BCUT2D eigenvalue weighted by atomic mass is 19.1. The summed E-state index contributed by atoms with van der Waals surface area (Å²) in [6, 6.07) is 6.87. The number of rotatable bonds is 3. The van der Waals surface area contributed by atoms with Gasteiger partial charge in [-0.05, 0) is 54.7 Å². The molecule has 2 aromatic carbocycles. The largest absolute Gasteiger partial charge is 0.366 e. The fourth-order valence-corrected chi connectivity index (χ4v) is 4.22. The molecule has 0 bridgehead atoms. The van der Waals surface area contributed by atoms with Crippen molar-refractivity contribution in [2.75, 3.05) is 6.54 Å². The Morgan fingerprint density at radius 2 is 2.17 bits per heavy atom. The van der Waals surface area contributed by atoms with Gasteiger partial charge >= 0.3 is 0 Å². The van der Waals surface area contributed by atoms with Gasteiger partial charge in [0.05, 0.1) is 12.5 Å². The molecule has 4 rings (SSSR count). The molecule has 3 aromatic rings. The lowest BCUT2D eigenvalue weighted by Crippen LogP contribution is -2.34. The molecule has 2 amide bonds. The monoisotopic (exact) mass is 392 g/mol. The summed E-state index contributed by atoms with van der Waals surface area (Å²) < 4.78 is 22.5. The van der Waals surface area contributed by atoms with Gasteiger partial charge in [-0.2, -0.15) is 0 Å². The van der Waals surface area contributed by atoms with Crippen molar-refractivity contribution in [3.8, 4) is 11.1 Å². The van der Waals surface area contributed by atoms with E-state index < -0.39 is 11.7 Å². The molecule has 148 valence electrons. The molecule has 3 N–H and O–H groups in total. The van der Waals surface area contributed by atoms with Crippen LogP contribution < -0.4 is 5.73 Å². The van der Waals surface area contributed by atoms with E-state index in [0.29, 0.717) is 36.0 Å². The summed E-state index contributed by atoms with van der Waals surface area (Å²) in [6.45, 7) is 5.65. The van der Waals surface area contributed by atoms with E-state index in [1.54, 1.807) is 4.90 Å². The third-order valence-corrected chi connectivity index (χ3v) is 5.78. The highest BCUT2D eigenvalue weighted by molar-refractivity contribution is 6.11. The molecule has 2 heterocycles. The third-order valence-electron chi connectivity index (χ3n) is 5.78. The van der Waals surface area contributed by atoms with Crippen LogP contribution in [0.1, 0.15) is 34.1 Å². The van der Waals surface area contributed by atoms with Crippen molar-refractivity contribution in [2.45, 2.75) is 26.8 Å². The van der Waals surface area contributed by atoms with Crippen molar-refractivity contribution >= 4 is 22.7 Å². The molecule has 0 saturated heterocycles. The van der Waals surface area contributed by atoms with E-state index in [1.807, 2.05) is 32.0 Å². The summed E-state index contributed by atoms with van der Waals surface area (Å²) in [5.41, 5.74) is 11.0. The number of nitrogens with two attached hydrogens (primary N) is 1. The van der Waals surface area contributed by atoms with Gasteiger partial charge in [0.25, 0.3) is 5.91 Å². The summed E-state index contributed by atoms with van der Waals surface area (Å²) >= 11 is 0. The van der Waals surface area contributed by atoms with E-state index in [1.165, 1.54) is 12.1 Å². The van der Waals surface area contributed by atoms with Gasteiger partial charge < -0.3 is 15.6 Å². The molecule has 1 aromatic heterocycles. The van der Waals surface area contributed by atoms with Crippen LogP contribution in [0.15, 0.2) is 36.9 Å². The highest BCUT2D eigenvalue weighted by Crippen LogP contribution is 2.40. The second-order valence-corrected chi connectivity index (χ2v) is 7.39. The Morgan fingerprint density at radius 3 is 2.90 bits per heavy atom. The lowest BCUT2D eigenvalue weighted by molar-refractivity contribution is -0.126. The Labute approximate surface area is 169 Å². The number of fused-ring (bicyclic) bond motifs is 2. The molecule has 6 heteroatoms. The van der Waals surface area contributed by atoms with Gasteiger partial charge in [-0.1, -0.05) is 24.8 Å². The van der Waals surface area contributed by atoms with Crippen LogP contribution in [-0.2, 0) is 17.8 Å². The van der Waals surface area contributed by atoms with Crippen LogP contribution in [0.3, 0.4) is 0 Å². The average Bonchev–Trinajstić information content (AvgIpc) is 3.01. The van der Waals surface area contributed by atoms with Crippen LogP contribution in [0, 0.1) is 19.7 Å². The first-order valence-electron chi connectivity index (χ1n) is 9.97. The Hall–Kier alpha value is -3.41. The minimum atomic E-state index is -0.682. The normalized spacial score (nSPS) is 14.3. The number of aromatic nitrogens is 1. The Morgan fingerprint density at radius 1 is 1.38 bits per heavy atom. The van der Waals surface area contributed by atoms with E-state index in [0.717, 1.165) is 34.5 Å². The van der Waals surface area contributed by atoms with E-state index in [2.05, 4.69) is 4.98 Å². The molecule has 0 aliphatic carbocycles. The lowest BCUT2D eigenvalue weighted by atomic mass is 9.87. The van der Waals surface area contributed by atoms with Crippen LogP contribution in [0.25, 0.3) is 22.0 Å². The van der Waals surface area contributed by atoms with Crippen molar-refractivity contribution in [1.82, 2.24) is 9.88 Å². The molecule has 0 spiro atoms. The molecule has 0 radical (unpaired) electrons. The number of nitrogens with one attached hydrogen (secondary N) is 1. The zero-order valence-corrected chi connectivity index (χ0v) is 16.3. The van der Waals surface area contributed by atoms with Gasteiger partial charge in [-0.25, -0.2) is 4.39 Å². The molecule has 1 aliphatic heterocycles. The highest BCUT2D eigenvalue weighted by Gasteiger charge is 2.26. The van der Waals surface area contributed by atoms with E-state index >= 15 is 4.39 Å². The number of benzene rings is 2. The molecule has 29 heavy (non-hydrogen) atoms. The van der Waals surface area contributed by atoms with Crippen LogP contribution >= 0.6 is 0 Å². The second kappa shape index (κ2) is 6.88. The maximum Gasteiger partial charge on any atom is 0.250 e. The number of carbonyl (C=O) groups excluding carboxylic acids is 2. The first-order chi connectivity index (χ1) is 14.3. The van der Waals surface area contributed by atoms with Gasteiger partial charge in [-0.3, -0.25) is 9.59 Å². The number of hydrogen-bond donors (Lipinski definition) is 2. The van der Waals surface area contributed by atoms with Crippen molar-refractivity contribution < 1.29 is 15.4 Å². The number of nitrogens with zero attached hydrogens (tertiary/aromatic N) is 1. The number of aryl methyl sites for hydroxylation is 2. The molecule has 0 unspecified atom stereocenters. The molecule has 0 fully saturated rings. The standard InChI is InChI=1S/C23H22FN3O2/c1-4-19(28)27-9-8-15-14(11-27)6-5-7-16(15)21-18(24)10-17(23(25)29)22-20(21)12(2)13(3)26-22/h4-7,10,26H,1,8-9,11H2,2-3H3,(H2,25,29)/i1D/b4-1+. The molecule has 0 saturated carbocycles. The van der Waals surface area contributed by atoms with E-state index in [9.17, 15) is 9.59 Å². The summed E-state index contributed by atoms with van der Waals surface area (Å²) in [7, 11) is 0. The second-order valence-electron chi connectivity index (χ2n) is 7.39. The van der Waals surface area contributed by atoms with E-state index in [4.69, 9.17) is 7.10 Å². The SMILES string of the molecule is [2H]/C=C/C(=O)N1CCc2c(cccc2-c2c(F)cc(C(N)=O)c3[nH]c(C)c(C)c23)C1. The number of H-pyrrole nitrogens is 1. The summed E-state index contributed by atoms with van der Waals surface area (Å²) in [5.74, 6) is -1.39. The van der Waals surface area contributed by atoms with Gasteiger partial charge in [0.2, 0.25) is 5.91 Å². The Balaban J connectivity index is 1.93. The smallest absolute Gasteiger partial charge is 0.250 e. The molecule has 0 atom stereocenters. The van der Waals surface area contributed by atoms with Crippen molar-refractivity contribution in [2.24, 2.45) is 5.73 Å². The fourth-order valence-electron chi connectivity index (χ4n) is 4.22. The van der Waals surface area contributed by atoms with Gasteiger partial charge in [0.15, 0.2) is 0 Å². The predicted octanol–water partition coefficient (Wildman–Crippen LogP) is 3.76.